The first-order valence-electron chi connectivity index (χ1n) is 16.0. The molecule has 18 nitrogen and oxygen atoms in total. The Labute approximate surface area is 280 Å². The van der Waals surface area contributed by atoms with Gasteiger partial charge >= 0.3 is 11.9 Å². The number of carboxylic acid groups (broad SMARTS) is 1. The molecule has 0 amide bonds. The highest BCUT2D eigenvalue weighted by Crippen LogP contribution is 2.46. The first kappa shape index (κ1) is 37.5. The number of carbonyl (C=O) groups is 2. The minimum Gasteiger partial charge on any atom is -0.481 e. The molecule has 0 spiro atoms. The minimum absolute atomic E-state index is 0.135. The maximum Gasteiger partial charge on any atom is 0.337 e. The van der Waals surface area contributed by atoms with Crippen molar-refractivity contribution in [1.82, 2.24) is 0 Å². The molecule has 4 aliphatic heterocycles. The van der Waals surface area contributed by atoms with Gasteiger partial charge in [-0.1, -0.05) is 13.0 Å². The van der Waals surface area contributed by atoms with E-state index in [1.165, 1.54) is 12.3 Å². The number of carbonyl (C=O) groups excluding carboxylic acids is 1. The molecule has 0 unspecified atom stereocenters. The Morgan fingerprint density at radius 3 is 1.96 bits per heavy atom. The van der Waals surface area contributed by atoms with Crippen LogP contribution in [0.1, 0.15) is 19.8 Å². The standard InChI is InChI=1S/C31H44O18/c1-3-13-14(7-19(34)35)15(10-44-28(13)48-30-25(40)23(38)21(36)17(8-32)46-30)27(42)45-16-6-12-4-5-43-29(20(12)11(16)2)49-31-26(41)24(39)22(37)18(9-33)47-31/h3-5,10-14,16-18,20-26,28-33,36-41H,1,6-9H2,2H3,(H,34,35)/t11-,12-,13+,14-,16-,17+,18+,20+,21+,22+,23-,24-,25+,26+,28-,29-,30-,31-/m0/s1. The Bertz CT molecular complexity index is 1240. The van der Waals surface area contributed by atoms with Crippen molar-refractivity contribution in [2.24, 2.45) is 29.6 Å². The van der Waals surface area contributed by atoms with Gasteiger partial charge in [-0.05, 0) is 18.4 Å². The van der Waals surface area contributed by atoms with Crippen molar-refractivity contribution >= 4 is 11.9 Å². The van der Waals surface area contributed by atoms with E-state index in [1.807, 2.05) is 0 Å². The number of ether oxygens (including phenoxy) is 7. The number of allylic oxidation sites excluding steroid dienone is 1. The number of aliphatic carboxylic acids is 1. The average Bonchev–Trinajstić information content (AvgIpc) is 3.39. The van der Waals surface area contributed by atoms with E-state index in [0.717, 1.165) is 6.26 Å². The topological polar surface area (TPSA) is 281 Å². The van der Waals surface area contributed by atoms with Gasteiger partial charge in [0.25, 0.3) is 0 Å². The summed E-state index contributed by atoms with van der Waals surface area (Å²) in [6.45, 7) is 4.16. The average molecular weight is 705 g/mol. The molecule has 9 N–H and O–H groups in total. The summed E-state index contributed by atoms with van der Waals surface area (Å²) in [6, 6.07) is 0. The number of rotatable bonds is 11. The Balaban J connectivity index is 1.28. The zero-order valence-corrected chi connectivity index (χ0v) is 26.4. The fourth-order valence-corrected chi connectivity index (χ4v) is 7.10. The quantitative estimate of drug-likeness (QED) is 0.0756. The van der Waals surface area contributed by atoms with Crippen LogP contribution in [0.15, 0.2) is 36.8 Å². The van der Waals surface area contributed by atoms with Crippen LogP contribution >= 0.6 is 0 Å². The molecule has 1 aliphatic carbocycles. The fourth-order valence-electron chi connectivity index (χ4n) is 7.10. The Kier molecular flexibility index (Phi) is 12.0. The molecule has 276 valence electrons. The summed E-state index contributed by atoms with van der Waals surface area (Å²) in [5.41, 5.74) is -0.135. The maximum atomic E-state index is 13.6. The highest BCUT2D eigenvalue weighted by molar-refractivity contribution is 5.90. The highest BCUT2D eigenvalue weighted by atomic mass is 16.8. The predicted molar refractivity (Wildman–Crippen MR) is 157 cm³/mol. The molecule has 18 heteroatoms. The SMILES string of the molecule is C=C[C@H]1[C@H](O[C@@H]2O[C@H](CO)[C@@H](O)[C@H](O)[C@H]2O)OC=C(C(=O)O[C@H]2C[C@@H]3C=CO[C@@H](O[C@@H]4O[C@H](CO)[C@@H](O)[C@H](O)[C@H]4O)[C@@H]3[C@H]2C)[C@H]1CC(=O)O. The van der Waals surface area contributed by atoms with Crippen LogP contribution in [0.3, 0.4) is 0 Å². The molecule has 0 radical (unpaired) electrons. The first-order valence-corrected chi connectivity index (χ1v) is 16.0. The van der Waals surface area contributed by atoms with Gasteiger partial charge in [0, 0.05) is 23.7 Å². The van der Waals surface area contributed by atoms with Crippen LogP contribution in [0.5, 0.6) is 0 Å². The predicted octanol–water partition coefficient (Wildman–Crippen LogP) is -3.19. The summed E-state index contributed by atoms with van der Waals surface area (Å²) < 4.78 is 39.7. The van der Waals surface area contributed by atoms with Crippen LogP contribution in [0.4, 0.5) is 0 Å². The number of fused-ring (bicyclic) bond motifs is 1. The second-order valence-corrected chi connectivity index (χ2v) is 12.9. The summed E-state index contributed by atoms with van der Waals surface area (Å²) in [6.07, 6.45) is -13.5. The highest BCUT2D eigenvalue weighted by Gasteiger charge is 2.53. The smallest absolute Gasteiger partial charge is 0.337 e. The van der Waals surface area contributed by atoms with Gasteiger partial charge in [0.1, 0.15) is 54.9 Å². The number of aliphatic hydroxyl groups excluding tert-OH is 8. The summed E-state index contributed by atoms with van der Waals surface area (Å²) in [4.78, 5) is 25.6. The monoisotopic (exact) mass is 704 g/mol. The number of carboxylic acids is 1. The van der Waals surface area contributed by atoms with E-state index in [0.29, 0.717) is 6.42 Å². The molecule has 0 aromatic heterocycles. The van der Waals surface area contributed by atoms with E-state index >= 15 is 0 Å². The van der Waals surface area contributed by atoms with Crippen LogP contribution in [-0.2, 0) is 42.7 Å². The Morgan fingerprint density at radius 2 is 1.43 bits per heavy atom. The lowest BCUT2D eigenvalue weighted by atomic mass is 9.81. The van der Waals surface area contributed by atoms with Gasteiger partial charge in [0.05, 0.1) is 37.7 Å². The number of esters is 1. The molecule has 4 heterocycles. The zero-order chi connectivity index (χ0) is 35.7. The molecule has 2 saturated heterocycles. The molecule has 0 aromatic carbocycles. The van der Waals surface area contributed by atoms with E-state index in [-0.39, 0.29) is 11.5 Å². The number of hydrogen-bond acceptors (Lipinski definition) is 17. The first-order chi connectivity index (χ1) is 23.3. The van der Waals surface area contributed by atoms with Gasteiger partial charge in [-0.15, -0.1) is 6.58 Å². The molecule has 0 aromatic rings. The third kappa shape index (κ3) is 7.51. The molecule has 5 rings (SSSR count). The molecular weight excluding hydrogens is 660 g/mol. The van der Waals surface area contributed by atoms with Crippen LogP contribution in [0, 0.1) is 29.6 Å². The Hall–Kier alpha value is -2.72. The summed E-state index contributed by atoms with van der Waals surface area (Å²) in [5.74, 6) is -5.34. The van der Waals surface area contributed by atoms with E-state index in [4.69, 9.17) is 33.2 Å². The maximum absolute atomic E-state index is 13.6. The van der Waals surface area contributed by atoms with Crippen molar-refractivity contribution in [2.75, 3.05) is 13.2 Å². The van der Waals surface area contributed by atoms with E-state index < -0.39 is 135 Å². The lowest BCUT2D eigenvalue weighted by molar-refractivity contribution is -0.342. The molecule has 5 aliphatic rings. The van der Waals surface area contributed by atoms with Crippen molar-refractivity contribution < 1.29 is 88.7 Å². The molecule has 49 heavy (non-hydrogen) atoms. The second kappa shape index (κ2) is 15.7. The molecule has 0 bridgehead atoms. The summed E-state index contributed by atoms with van der Waals surface area (Å²) in [5, 5.41) is 90.1. The molecule has 3 fully saturated rings. The van der Waals surface area contributed by atoms with Gasteiger partial charge in [-0.3, -0.25) is 4.79 Å². The molecule has 1 saturated carbocycles. The fraction of sp³-hybridized carbons (Fsp3) is 0.742. The van der Waals surface area contributed by atoms with Gasteiger partial charge in [0.2, 0.25) is 12.6 Å². The van der Waals surface area contributed by atoms with Crippen molar-refractivity contribution in [3.05, 3.63) is 36.8 Å². The van der Waals surface area contributed by atoms with Crippen LogP contribution in [-0.4, -0.2) is 151 Å². The van der Waals surface area contributed by atoms with Gasteiger partial charge in [-0.2, -0.15) is 0 Å². The number of aliphatic hydroxyl groups is 8. The van der Waals surface area contributed by atoms with Gasteiger partial charge < -0.3 is 79.1 Å². The van der Waals surface area contributed by atoms with Crippen molar-refractivity contribution in [1.29, 1.82) is 0 Å². The van der Waals surface area contributed by atoms with Crippen LogP contribution in [0.2, 0.25) is 0 Å². The third-order valence-corrected chi connectivity index (χ3v) is 9.95. The van der Waals surface area contributed by atoms with Crippen LogP contribution in [0.25, 0.3) is 0 Å². The van der Waals surface area contributed by atoms with E-state index in [9.17, 15) is 55.5 Å². The molecule has 18 atom stereocenters. The normalized spacial score (nSPS) is 46.5. The number of hydrogen-bond donors (Lipinski definition) is 9. The summed E-state index contributed by atoms with van der Waals surface area (Å²) in [7, 11) is 0. The van der Waals surface area contributed by atoms with Gasteiger partial charge in [-0.25, -0.2) is 4.79 Å². The minimum atomic E-state index is -1.76. The van der Waals surface area contributed by atoms with E-state index in [1.54, 1.807) is 13.0 Å². The summed E-state index contributed by atoms with van der Waals surface area (Å²) >= 11 is 0. The van der Waals surface area contributed by atoms with Crippen molar-refractivity contribution in [2.45, 2.75) is 99.9 Å². The zero-order valence-electron chi connectivity index (χ0n) is 26.4. The Morgan fingerprint density at radius 1 is 0.857 bits per heavy atom. The lowest BCUT2D eigenvalue weighted by Crippen LogP contribution is -2.60. The van der Waals surface area contributed by atoms with Crippen molar-refractivity contribution in [3.63, 3.8) is 0 Å². The third-order valence-electron chi connectivity index (χ3n) is 9.95. The molecular formula is C31H44O18. The van der Waals surface area contributed by atoms with Crippen LogP contribution < -0.4 is 0 Å². The second-order valence-electron chi connectivity index (χ2n) is 12.9. The van der Waals surface area contributed by atoms with Crippen molar-refractivity contribution in [3.8, 4) is 0 Å². The van der Waals surface area contributed by atoms with E-state index in [2.05, 4.69) is 6.58 Å². The largest absolute Gasteiger partial charge is 0.481 e. The lowest BCUT2D eigenvalue weighted by Gasteiger charge is -2.43. The van der Waals surface area contributed by atoms with Gasteiger partial charge in [0.15, 0.2) is 12.6 Å².